The van der Waals surface area contributed by atoms with Crippen molar-refractivity contribution in [3.05, 3.63) is 64.7 Å². The predicted octanol–water partition coefficient (Wildman–Crippen LogP) is 3.42. The fourth-order valence-corrected chi connectivity index (χ4v) is 3.45. The summed E-state index contributed by atoms with van der Waals surface area (Å²) in [7, 11) is 1.13. The van der Waals surface area contributed by atoms with E-state index in [1.165, 1.54) is 38.4 Å². The van der Waals surface area contributed by atoms with Crippen LogP contribution < -0.4 is 0 Å². The summed E-state index contributed by atoms with van der Waals surface area (Å²) < 4.78 is 25.3. The third-order valence-corrected chi connectivity index (χ3v) is 6.18. The Morgan fingerprint density at radius 3 is 2.16 bits per heavy atom. The molecule has 0 aliphatic carbocycles. The fraction of sp³-hybridized carbons (Fsp3) is 0.278. The number of amides is 1. The molecule has 0 fully saturated rings. The lowest BCUT2D eigenvalue weighted by Gasteiger charge is -2.25. The molecular formula is C18H21ClN2O3S. The highest BCUT2D eigenvalue weighted by Crippen LogP contribution is 2.24. The van der Waals surface area contributed by atoms with Gasteiger partial charge in [0.05, 0.1) is 10.9 Å². The second kappa shape index (κ2) is 7.56. The molecule has 2 aromatic rings. The highest BCUT2D eigenvalue weighted by atomic mass is 35.5. The molecule has 0 aliphatic heterocycles. The lowest BCUT2D eigenvalue weighted by Crippen LogP contribution is -2.29. The first kappa shape index (κ1) is 19.4. The molecule has 2 aromatic carbocycles. The molecule has 0 saturated carbocycles. The van der Waals surface area contributed by atoms with Crippen LogP contribution in [0.25, 0.3) is 0 Å². The summed E-state index contributed by atoms with van der Waals surface area (Å²) in [5.74, 6) is -0.193. The molecule has 0 N–H and O–H groups in total. The minimum absolute atomic E-state index is 0.152. The van der Waals surface area contributed by atoms with Crippen LogP contribution in [0.3, 0.4) is 0 Å². The van der Waals surface area contributed by atoms with Crippen LogP contribution in [0.1, 0.15) is 28.9 Å². The van der Waals surface area contributed by atoms with E-state index in [-0.39, 0.29) is 16.8 Å². The van der Waals surface area contributed by atoms with E-state index in [4.69, 9.17) is 11.6 Å². The molecule has 1 amide bonds. The van der Waals surface area contributed by atoms with Gasteiger partial charge in [-0.1, -0.05) is 23.7 Å². The van der Waals surface area contributed by atoms with Gasteiger partial charge in [0, 0.05) is 31.7 Å². The van der Waals surface area contributed by atoms with Crippen molar-refractivity contribution in [2.75, 3.05) is 21.1 Å². The Labute approximate surface area is 153 Å². The molecule has 0 saturated heterocycles. The summed E-state index contributed by atoms with van der Waals surface area (Å²) in [5.41, 5.74) is 1.35. The van der Waals surface area contributed by atoms with Crippen molar-refractivity contribution in [2.45, 2.75) is 17.9 Å². The maximum absolute atomic E-state index is 12.7. The first-order valence-electron chi connectivity index (χ1n) is 7.70. The van der Waals surface area contributed by atoms with Crippen LogP contribution in [-0.4, -0.2) is 44.7 Å². The van der Waals surface area contributed by atoms with E-state index in [9.17, 15) is 13.2 Å². The molecular weight excluding hydrogens is 360 g/mol. The maximum atomic E-state index is 12.7. The number of hydrogen-bond donors (Lipinski definition) is 0. The zero-order valence-corrected chi connectivity index (χ0v) is 16.2. The number of carbonyl (C=O) groups is 1. The third-order valence-electron chi connectivity index (χ3n) is 4.11. The summed E-state index contributed by atoms with van der Waals surface area (Å²) in [6.07, 6.45) is 0. The average Bonchev–Trinajstić information content (AvgIpc) is 2.59. The summed E-state index contributed by atoms with van der Waals surface area (Å²) in [4.78, 5) is 14.4. The van der Waals surface area contributed by atoms with Gasteiger partial charge in [0.15, 0.2) is 0 Å². The Morgan fingerprint density at radius 2 is 1.64 bits per heavy atom. The van der Waals surface area contributed by atoms with Crippen molar-refractivity contribution >= 4 is 27.5 Å². The van der Waals surface area contributed by atoms with E-state index in [1.54, 1.807) is 18.0 Å². The van der Waals surface area contributed by atoms with Crippen LogP contribution in [0.5, 0.6) is 0 Å². The summed E-state index contributed by atoms with van der Waals surface area (Å²) in [6.45, 7) is 1.91. The van der Waals surface area contributed by atoms with E-state index < -0.39 is 10.0 Å². The Hall–Kier alpha value is -1.89. The molecule has 7 heteroatoms. The van der Waals surface area contributed by atoms with Crippen molar-refractivity contribution in [3.63, 3.8) is 0 Å². The first-order chi connectivity index (χ1) is 11.6. The number of halogens is 1. The topological polar surface area (TPSA) is 57.7 Å². The fourth-order valence-electron chi connectivity index (χ4n) is 2.35. The van der Waals surface area contributed by atoms with Crippen LogP contribution in [0.4, 0.5) is 0 Å². The number of nitrogens with zero attached hydrogens (tertiary/aromatic N) is 2. The van der Waals surface area contributed by atoms with Crippen LogP contribution in [-0.2, 0) is 10.0 Å². The van der Waals surface area contributed by atoms with Gasteiger partial charge in [-0.2, -0.15) is 0 Å². The highest BCUT2D eigenvalue weighted by Gasteiger charge is 2.21. The largest absolute Gasteiger partial charge is 0.335 e. The van der Waals surface area contributed by atoms with Gasteiger partial charge >= 0.3 is 0 Å². The average molecular weight is 381 g/mol. The van der Waals surface area contributed by atoms with Gasteiger partial charge in [-0.25, -0.2) is 12.7 Å². The normalized spacial score (nSPS) is 12.9. The summed E-state index contributed by atoms with van der Waals surface area (Å²) in [6, 6.07) is 13.1. The number of sulfonamides is 1. The molecule has 25 heavy (non-hydrogen) atoms. The standard InChI is InChI=1S/C18H21ClN2O3S/c1-13(15-6-5-7-16(19)12-15)21(4)18(22)14-8-10-17(11-9-14)25(23,24)20(2)3/h5-13H,1-4H3. The zero-order valence-electron chi connectivity index (χ0n) is 14.6. The third kappa shape index (κ3) is 4.21. The Bertz CT molecular complexity index is 864. The van der Waals surface area contributed by atoms with Crippen LogP contribution in [0.15, 0.2) is 53.4 Å². The minimum atomic E-state index is -3.51. The molecule has 0 bridgehead atoms. The van der Waals surface area contributed by atoms with Gasteiger partial charge in [0.1, 0.15) is 0 Å². The number of hydrogen-bond acceptors (Lipinski definition) is 3. The van der Waals surface area contributed by atoms with Crippen LogP contribution in [0, 0.1) is 0 Å². The Balaban J connectivity index is 2.22. The lowest BCUT2D eigenvalue weighted by molar-refractivity contribution is 0.0742. The second-order valence-corrected chi connectivity index (χ2v) is 8.55. The molecule has 0 heterocycles. The number of rotatable bonds is 5. The van der Waals surface area contributed by atoms with E-state index in [0.717, 1.165) is 9.87 Å². The molecule has 0 radical (unpaired) electrons. The molecule has 0 spiro atoms. The maximum Gasteiger partial charge on any atom is 0.254 e. The van der Waals surface area contributed by atoms with Gasteiger partial charge in [0.25, 0.3) is 5.91 Å². The van der Waals surface area contributed by atoms with Crippen LogP contribution >= 0.6 is 11.6 Å². The van der Waals surface area contributed by atoms with E-state index >= 15 is 0 Å². The van der Waals surface area contributed by atoms with Crippen molar-refractivity contribution in [2.24, 2.45) is 0 Å². The molecule has 134 valence electrons. The SMILES string of the molecule is CC(c1cccc(Cl)c1)N(C)C(=O)c1ccc(S(=O)(=O)N(C)C)cc1. The van der Waals surface area contributed by atoms with Gasteiger partial charge in [-0.3, -0.25) is 4.79 Å². The molecule has 0 aliphatic rings. The van der Waals surface area contributed by atoms with E-state index in [1.807, 2.05) is 25.1 Å². The summed E-state index contributed by atoms with van der Waals surface area (Å²) >= 11 is 6.01. The van der Waals surface area contributed by atoms with Gasteiger partial charge in [-0.15, -0.1) is 0 Å². The predicted molar refractivity (Wildman–Crippen MR) is 99.3 cm³/mol. The molecule has 5 nitrogen and oxygen atoms in total. The first-order valence-corrected chi connectivity index (χ1v) is 9.51. The highest BCUT2D eigenvalue weighted by molar-refractivity contribution is 7.89. The molecule has 2 rings (SSSR count). The lowest BCUT2D eigenvalue weighted by atomic mass is 10.1. The molecule has 0 aromatic heterocycles. The molecule has 1 unspecified atom stereocenters. The van der Waals surface area contributed by atoms with Gasteiger partial charge in [0.2, 0.25) is 10.0 Å². The van der Waals surface area contributed by atoms with E-state index in [0.29, 0.717) is 10.6 Å². The Kier molecular flexibility index (Phi) is 5.87. The van der Waals surface area contributed by atoms with Gasteiger partial charge in [-0.05, 0) is 48.9 Å². The number of carbonyl (C=O) groups excluding carboxylic acids is 1. The Morgan fingerprint density at radius 1 is 1.04 bits per heavy atom. The monoisotopic (exact) mass is 380 g/mol. The number of benzene rings is 2. The van der Waals surface area contributed by atoms with Crippen molar-refractivity contribution < 1.29 is 13.2 Å². The van der Waals surface area contributed by atoms with Crippen molar-refractivity contribution in [1.29, 1.82) is 0 Å². The van der Waals surface area contributed by atoms with Crippen molar-refractivity contribution in [1.82, 2.24) is 9.21 Å². The zero-order chi connectivity index (χ0) is 18.8. The minimum Gasteiger partial charge on any atom is -0.335 e. The summed E-state index contributed by atoms with van der Waals surface area (Å²) in [5, 5.41) is 0.614. The quantitative estimate of drug-likeness (QED) is 0.798. The van der Waals surface area contributed by atoms with E-state index in [2.05, 4.69) is 0 Å². The van der Waals surface area contributed by atoms with Crippen LogP contribution in [0.2, 0.25) is 5.02 Å². The smallest absolute Gasteiger partial charge is 0.254 e. The second-order valence-electron chi connectivity index (χ2n) is 5.96. The van der Waals surface area contributed by atoms with Gasteiger partial charge < -0.3 is 4.90 Å². The molecule has 1 atom stereocenters. The van der Waals surface area contributed by atoms with Crippen molar-refractivity contribution in [3.8, 4) is 0 Å².